The summed E-state index contributed by atoms with van der Waals surface area (Å²) in [5, 5.41) is 3.30. The Morgan fingerprint density at radius 2 is 1.95 bits per heavy atom. The lowest BCUT2D eigenvalue weighted by atomic mass is 9.86. The van der Waals surface area contributed by atoms with Crippen LogP contribution in [0.3, 0.4) is 0 Å². The van der Waals surface area contributed by atoms with Gasteiger partial charge < -0.3 is 11.1 Å². The van der Waals surface area contributed by atoms with Gasteiger partial charge in [0.05, 0.1) is 5.54 Å². The summed E-state index contributed by atoms with van der Waals surface area (Å²) < 4.78 is 0. The van der Waals surface area contributed by atoms with Gasteiger partial charge in [0, 0.05) is 12.0 Å². The molecule has 0 bridgehead atoms. The molecule has 2 rings (SSSR count). The van der Waals surface area contributed by atoms with Crippen molar-refractivity contribution in [2.45, 2.75) is 58.0 Å². The molecule has 3 heteroatoms. The Labute approximate surface area is 121 Å². The van der Waals surface area contributed by atoms with E-state index in [9.17, 15) is 4.79 Å². The van der Waals surface area contributed by atoms with Crippen molar-refractivity contribution in [3.05, 3.63) is 35.4 Å². The zero-order valence-corrected chi connectivity index (χ0v) is 12.8. The number of carbonyl (C=O) groups excluding carboxylic acids is 1. The van der Waals surface area contributed by atoms with Gasteiger partial charge in [0.15, 0.2) is 0 Å². The van der Waals surface area contributed by atoms with E-state index < -0.39 is 0 Å². The molecule has 110 valence electrons. The first kappa shape index (κ1) is 15.0. The minimum Gasteiger partial charge on any atom is -0.346 e. The van der Waals surface area contributed by atoms with Crippen molar-refractivity contribution in [3.8, 4) is 0 Å². The van der Waals surface area contributed by atoms with Crippen LogP contribution in [0, 0.1) is 12.8 Å². The topological polar surface area (TPSA) is 55.1 Å². The van der Waals surface area contributed by atoms with Gasteiger partial charge in [0.2, 0.25) is 5.91 Å². The summed E-state index contributed by atoms with van der Waals surface area (Å²) in [6.45, 7) is 5.88. The van der Waals surface area contributed by atoms with Crippen LogP contribution < -0.4 is 11.1 Å². The first-order valence-electron chi connectivity index (χ1n) is 7.59. The van der Waals surface area contributed by atoms with Crippen LogP contribution in [0.2, 0.25) is 0 Å². The second kappa shape index (κ2) is 5.96. The first-order valence-corrected chi connectivity index (χ1v) is 7.59. The third-order valence-electron chi connectivity index (χ3n) is 4.59. The molecule has 3 nitrogen and oxygen atoms in total. The van der Waals surface area contributed by atoms with Crippen molar-refractivity contribution in [1.82, 2.24) is 5.32 Å². The second-order valence-electron chi connectivity index (χ2n) is 6.30. The summed E-state index contributed by atoms with van der Waals surface area (Å²) in [4.78, 5) is 12.4. The average molecular weight is 274 g/mol. The van der Waals surface area contributed by atoms with Crippen molar-refractivity contribution >= 4 is 5.91 Å². The maximum absolute atomic E-state index is 12.4. The molecule has 1 aliphatic carbocycles. The Kier molecular flexibility index (Phi) is 4.48. The van der Waals surface area contributed by atoms with Gasteiger partial charge in [-0.2, -0.15) is 0 Å². The van der Waals surface area contributed by atoms with Crippen LogP contribution >= 0.6 is 0 Å². The summed E-state index contributed by atoms with van der Waals surface area (Å²) in [5.74, 6) is -0.0827. The molecule has 3 N–H and O–H groups in total. The number of nitrogens with one attached hydrogen (secondary N) is 1. The van der Waals surface area contributed by atoms with Crippen LogP contribution in [0.4, 0.5) is 0 Å². The molecule has 0 heterocycles. The highest BCUT2D eigenvalue weighted by molar-refractivity contribution is 5.80. The molecule has 1 saturated carbocycles. The highest BCUT2D eigenvalue weighted by Gasteiger charge is 2.38. The summed E-state index contributed by atoms with van der Waals surface area (Å²) >= 11 is 0. The molecular weight excluding hydrogens is 248 g/mol. The lowest BCUT2D eigenvalue weighted by molar-refractivity contribution is -0.127. The molecule has 0 aromatic heterocycles. The number of amides is 1. The monoisotopic (exact) mass is 274 g/mol. The van der Waals surface area contributed by atoms with E-state index >= 15 is 0 Å². The number of aryl methyl sites for hydroxylation is 1. The van der Waals surface area contributed by atoms with E-state index in [4.69, 9.17) is 5.73 Å². The minimum absolute atomic E-state index is 0.0726. The van der Waals surface area contributed by atoms with Crippen LogP contribution in [0.25, 0.3) is 0 Å². The molecule has 1 aromatic rings. The highest BCUT2D eigenvalue weighted by atomic mass is 16.2. The quantitative estimate of drug-likeness (QED) is 0.887. The Morgan fingerprint density at radius 1 is 1.30 bits per heavy atom. The van der Waals surface area contributed by atoms with Crippen LogP contribution in [-0.4, -0.2) is 11.9 Å². The van der Waals surface area contributed by atoms with E-state index in [1.165, 1.54) is 24.0 Å². The summed E-state index contributed by atoms with van der Waals surface area (Å²) in [6.07, 6.45) is 4.38. The molecule has 2 unspecified atom stereocenters. The maximum Gasteiger partial charge on any atom is 0.225 e. The van der Waals surface area contributed by atoms with Crippen LogP contribution in [0.1, 0.15) is 50.7 Å². The van der Waals surface area contributed by atoms with Gasteiger partial charge in [0.25, 0.3) is 0 Å². The fraction of sp³-hybridized carbons (Fsp3) is 0.588. The molecule has 0 aliphatic heterocycles. The van der Waals surface area contributed by atoms with Crippen LogP contribution in [-0.2, 0) is 10.3 Å². The van der Waals surface area contributed by atoms with E-state index in [1.807, 2.05) is 13.8 Å². The third kappa shape index (κ3) is 3.04. The van der Waals surface area contributed by atoms with Crippen molar-refractivity contribution in [3.63, 3.8) is 0 Å². The van der Waals surface area contributed by atoms with E-state index in [-0.39, 0.29) is 23.4 Å². The molecular formula is C17H26N2O. The number of hydrogen-bond acceptors (Lipinski definition) is 2. The second-order valence-corrected chi connectivity index (χ2v) is 6.30. The molecule has 1 amide bonds. The van der Waals surface area contributed by atoms with Gasteiger partial charge in [-0.05, 0) is 32.3 Å². The van der Waals surface area contributed by atoms with Crippen molar-refractivity contribution in [2.75, 3.05) is 0 Å². The Bertz CT molecular complexity index is 476. The van der Waals surface area contributed by atoms with Gasteiger partial charge in [-0.15, -0.1) is 0 Å². The number of rotatable bonds is 4. The Balaban J connectivity index is 2.25. The van der Waals surface area contributed by atoms with Gasteiger partial charge in [-0.3, -0.25) is 4.79 Å². The fourth-order valence-corrected chi connectivity index (χ4v) is 3.00. The summed E-state index contributed by atoms with van der Waals surface area (Å²) in [5.41, 5.74) is 8.14. The number of nitrogens with two attached hydrogens (primary N) is 1. The van der Waals surface area contributed by atoms with Crippen LogP contribution in [0.15, 0.2) is 24.3 Å². The summed E-state index contributed by atoms with van der Waals surface area (Å²) in [6, 6.07) is 8.38. The fourth-order valence-electron chi connectivity index (χ4n) is 3.00. The van der Waals surface area contributed by atoms with Gasteiger partial charge in [-0.1, -0.05) is 49.6 Å². The smallest absolute Gasteiger partial charge is 0.225 e. The molecule has 0 spiro atoms. The van der Waals surface area contributed by atoms with E-state index in [1.54, 1.807) is 0 Å². The molecule has 1 aromatic carbocycles. The molecule has 1 fully saturated rings. The van der Waals surface area contributed by atoms with Crippen LogP contribution in [0.5, 0.6) is 0 Å². The summed E-state index contributed by atoms with van der Waals surface area (Å²) in [7, 11) is 0. The third-order valence-corrected chi connectivity index (χ3v) is 4.59. The molecule has 2 atom stereocenters. The van der Waals surface area contributed by atoms with Gasteiger partial charge in [0.1, 0.15) is 0 Å². The van der Waals surface area contributed by atoms with Crippen molar-refractivity contribution in [2.24, 2.45) is 11.7 Å². The molecule has 0 saturated heterocycles. The Hall–Kier alpha value is -1.35. The zero-order valence-electron chi connectivity index (χ0n) is 12.8. The van der Waals surface area contributed by atoms with Crippen molar-refractivity contribution in [1.29, 1.82) is 0 Å². The number of carbonyl (C=O) groups is 1. The standard InChI is InChI=1S/C17H26N2O/c1-12-7-6-8-15(11-12)17(9-4-5-10-17)19-16(20)13(2)14(3)18/h6-8,11,13-14H,4-5,9-10,18H2,1-3H3,(H,19,20). The number of hydrogen-bond donors (Lipinski definition) is 2. The Morgan fingerprint density at radius 3 is 2.50 bits per heavy atom. The first-order chi connectivity index (χ1) is 9.44. The van der Waals surface area contributed by atoms with E-state index in [2.05, 4.69) is 36.5 Å². The van der Waals surface area contributed by atoms with Gasteiger partial charge in [-0.25, -0.2) is 0 Å². The predicted octanol–water partition coefficient (Wildman–Crippen LogP) is 2.86. The predicted molar refractivity (Wildman–Crippen MR) is 82.3 cm³/mol. The van der Waals surface area contributed by atoms with E-state index in [0.717, 1.165) is 12.8 Å². The molecule has 20 heavy (non-hydrogen) atoms. The largest absolute Gasteiger partial charge is 0.346 e. The minimum atomic E-state index is -0.188. The lowest BCUT2D eigenvalue weighted by Crippen LogP contribution is -2.48. The zero-order chi connectivity index (χ0) is 14.8. The lowest BCUT2D eigenvalue weighted by Gasteiger charge is -2.33. The molecule has 0 radical (unpaired) electrons. The SMILES string of the molecule is Cc1cccc(C2(NC(=O)C(C)C(C)N)CCCC2)c1. The number of benzene rings is 1. The normalized spacial score (nSPS) is 20.4. The van der Waals surface area contributed by atoms with Gasteiger partial charge >= 0.3 is 0 Å². The highest BCUT2D eigenvalue weighted by Crippen LogP contribution is 2.39. The molecule has 1 aliphatic rings. The van der Waals surface area contributed by atoms with Crippen molar-refractivity contribution < 1.29 is 4.79 Å². The van der Waals surface area contributed by atoms with E-state index in [0.29, 0.717) is 0 Å². The average Bonchev–Trinajstić information content (AvgIpc) is 2.87. The maximum atomic E-state index is 12.4.